The van der Waals surface area contributed by atoms with Crippen LogP contribution in [0.15, 0.2) is 303 Å². The van der Waals surface area contributed by atoms with Crippen molar-refractivity contribution in [3.05, 3.63) is 348 Å². The minimum absolute atomic E-state index is 0.705. The summed E-state index contributed by atoms with van der Waals surface area (Å²) >= 11 is 0. The lowest BCUT2D eigenvalue weighted by Gasteiger charge is -2.49. The molecular formula is C74H50N2. The second-order valence-corrected chi connectivity index (χ2v) is 20.3. The molecule has 356 valence electrons. The van der Waals surface area contributed by atoms with Gasteiger partial charge in [-0.1, -0.05) is 231 Å². The largest absolute Gasteiger partial charge is 0.310 e. The van der Waals surface area contributed by atoms with Crippen molar-refractivity contribution in [1.29, 1.82) is 0 Å². The molecule has 0 atom stereocenters. The van der Waals surface area contributed by atoms with Gasteiger partial charge in [-0.05, 0) is 162 Å². The lowest BCUT2D eigenvalue weighted by Crippen LogP contribution is -2.44. The van der Waals surface area contributed by atoms with Gasteiger partial charge in [0.1, 0.15) is 0 Å². The van der Waals surface area contributed by atoms with Gasteiger partial charge in [0, 0.05) is 34.1 Å². The topological polar surface area (TPSA) is 6.48 Å². The van der Waals surface area contributed by atoms with E-state index in [4.69, 9.17) is 0 Å². The third-order valence-electron chi connectivity index (χ3n) is 16.5. The number of hydrogen-bond acceptors (Lipinski definition) is 2. The first-order chi connectivity index (χ1) is 37.7. The molecule has 76 heavy (non-hydrogen) atoms. The molecule has 0 unspecified atom stereocenters. The molecule has 12 aromatic carbocycles. The Balaban J connectivity index is 1.06. The zero-order chi connectivity index (χ0) is 50.2. The summed E-state index contributed by atoms with van der Waals surface area (Å²) in [6.07, 6.45) is 0. The number of nitrogens with zero attached hydrogens (tertiary/aromatic N) is 2. The number of benzene rings is 12. The molecule has 0 heterocycles. The first kappa shape index (κ1) is 43.8. The number of rotatable bonds is 8. The normalized spacial score (nSPS) is 13.5. The third-order valence-corrected chi connectivity index (χ3v) is 16.5. The van der Waals surface area contributed by atoms with Crippen molar-refractivity contribution in [2.45, 2.75) is 10.8 Å². The molecule has 0 bridgehead atoms. The molecule has 0 saturated heterocycles. The van der Waals surface area contributed by atoms with Crippen molar-refractivity contribution in [2.75, 3.05) is 9.80 Å². The lowest BCUT2D eigenvalue weighted by molar-refractivity contribution is 0.633. The number of anilines is 6. The molecule has 2 heteroatoms. The number of fused-ring (bicyclic) bond motifs is 16. The highest BCUT2D eigenvalue weighted by atomic mass is 15.1. The van der Waals surface area contributed by atoms with Crippen LogP contribution in [0.3, 0.4) is 0 Å². The van der Waals surface area contributed by atoms with Gasteiger partial charge in [-0.25, -0.2) is 0 Å². The molecule has 0 saturated carbocycles. The van der Waals surface area contributed by atoms with Gasteiger partial charge in [0.2, 0.25) is 0 Å². The van der Waals surface area contributed by atoms with Gasteiger partial charge in [-0.2, -0.15) is 0 Å². The van der Waals surface area contributed by atoms with E-state index in [0.717, 1.165) is 34.1 Å². The Morgan fingerprint density at radius 1 is 0.171 bits per heavy atom. The Kier molecular flexibility index (Phi) is 10.0. The summed E-state index contributed by atoms with van der Waals surface area (Å²) in [5, 5.41) is 0. The van der Waals surface area contributed by atoms with Crippen molar-refractivity contribution in [2.24, 2.45) is 0 Å². The zero-order valence-electron chi connectivity index (χ0n) is 41.8. The van der Waals surface area contributed by atoms with Gasteiger partial charge < -0.3 is 9.80 Å². The zero-order valence-corrected chi connectivity index (χ0v) is 41.8. The van der Waals surface area contributed by atoms with Crippen LogP contribution in [0, 0.1) is 0 Å². The van der Waals surface area contributed by atoms with Crippen LogP contribution in [0.4, 0.5) is 34.1 Å². The summed E-state index contributed by atoms with van der Waals surface area (Å²) in [5.41, 5.74) is 25.3. The Labute approximate surface area is 444 Å². The van der Waals surface area contributed by atoms with Gasteiger partial charge in [0.25, 0.3) is 0 Å². The first-order valence-electron chi connectivity index (χ1n) is 26.4. The maximum atomic E-state index is 2.56. The number of para-hydroxylation sites is 2. The van der Waals surface area contributed by atoms with Crippen LogP contribution in [0.5, 0.6) is 0 Å². The molecule has 15 rings (SSSR count). The Morgan fingerprint density at radius 3 is 0.803 bits per heavy atom. The molecule has 12 aromatic rings. The predicted octanol–water partition coefficient (Wildman–Crippen LogP) is 19.0. The molecule has 0 radical (unpaired) electrons. The monoisotopic (exact) mass is 966 g/mol. The first-order valence-corrected chi connectivity index (χ1v) is 26.4. The summed E-state index contributed by atoms with van der Waals surface area (Å²) < 4.78 is 0. The fourth-order valence-electron chi connectivity index (χ4n) is 13.5. The Morgan fingerprint density at radius 2 is 0.447 bits per heavy atom. The average Bonchev–Trinajstić information content (AvgIpc) is 4.13. The maximum Gasteiger partial charge on any atom is 0.0720 e. The van der Waals surface area contributed by atoms with Crippen LogP contribution in [-0.2, 0) is 10.8 Å². The predicted molar refractivity (Wildman–Crippen MR) is 315 cm³/mol. The smallest absolute Gasteiger partial charge is 0.0720 e. The standard InChI is InChI=1S/C74H50N2/c1-5-23-51(24-6-1)53-27-21-33-57(47-53)75(55-29-9-3-10-30-55)59-43-45-69-71(49-59)73(65-39-17-13-35-61(65)62-36-14-18-40-66(62)73)70-46-44-60(50-72(70)74(69)67-41-19-15-37-63(67)64-38-16-20-42-68(64)74)76(56-31-11-4-12-32-56)58-34-22-28-54(48-58)52-25-7-2-8-26-52/h1-50H. The SMILES string of the molecule is c1ccc(-c2cccc(N(c3ccccc3)c3ccc4c(c3)C3(c5ccccc5-c5ccccc53)c3ccc(N(c5ccccc5)c5cccc(-c6ccccc6)c5)cc3C43c4ccccc4-c4ccccc43)c2)cc1. The highest BCUT2D eigenvalue weighted by molar-refractivity contribution is 5.96. The van der Waals surface area contributed by atoms with Gasteiger partial charge in [-0.15, -0.1) is 0 Å². The third kappa shape index (κ3) is 6.41. The Bertz CT molecular complexity index is 3820. The van der Waals surface area contributed by atoms with E-state index in [-0.39, 0.29) is 0 Å². The second-order valence-electron chi connectivity index (χ2n) is 20.3. The molecule has 0 fully saturated rings. The van der Waals surface area contributed by atoms with E-state index < -0.39 is 10.8 Å². The quantitative estimate of drug-likeness (QED) is 0.150. The lowest BCUT2D eigenvalue weighted by atomic mass is 9.52. The van der Waals surface area contributed by atoms with E-state index in [1.54, 1.807) is 0 Å². The van der Waals surface area contributed by atoms with Crippen molar-refractivity contribution in [3.8, 4) is 44.5 Å². The maximum absolute atomic E-state index is 2.56. The van der Waals surface area contributed by atoms with E-state index in [9.17, 15) is 0 Å². The molecule has 0 aromatic heterocycles. The average molecular weight is 967 g/mol. The van der Waals surface area contributed by atoms with E-state index in [2.05, 4.69) is 313 Å². The minimum atomic E-state index is -0.705. The van der Waals surface area contributed by atoms with Crippen molar-refractivity contribution in [3.63, 3.8) is 0 Å². The molecule has 0 aliphatic heterocycles. The Hall–Kier alpha value is -9.76. The highest BCUT2D eigenvalue weighted by Gasteiger charge is 2.59. The minimum Gasteiger partial charge on any atom is -0.310 e. The van der Waals surface area contributed by atoms with Crippen LogP contribution in [-0.4, -0.2) is 0 Å². The van der Waals surface area contributed by atoms with Crippen molar-refractivity contribution < 1.29 is 0 Å². The second kappa shape index (κ2) is 17.4. The summed E-state index contributed by atoms with van der Waals surface area (Å²) in [6.45, 7) is 0. The molecular weight excluding hydrogens is 917 g/mol. The van der Waals surface area contributed by atoms with Gasteiger partial charge in [0.05, 0.1) is 10.8 Å². The summed E-state index contributed by atoms with van der Waals surface area (Å²) in [7, 11) is 0. The number of hydrogen-bond donors (Lipinski definition) is 0. The van der Waals surface area contributed by atoms with Crippen LogP contribution in [0.1, 0.15) is 44.5 Å². The van der Waals surface area contributed by atoms with Crippen LogP contribution in [0.2, 0.25) is 0 Å². The van der Waals surface area contributed by atoms with Crippen LogP contribution in [0.25, 0.3) is 44.5 Å². The summed E-state index contributed by atoms with van der Waals surface area (Å²) in [6, 6.07) is 113. The van der Waals surface area contributed by atoms with E-state index in [1.165, 1.54) is 89.0 Å². The molecule has 2 nitrogen and oxygen atoms in total. The molecule has 0 amide bonds. The van der Waals surface area contributed by atoms with Crippen molar-refractivity contribution in [1.82, 2.24) is 0 Å². The molecule has 2 spiro atoms. The van der Waals surface area contributed by atoms with E-state index >= 15 is 0 Å². The fraction of sp³-hybridized carbons (Fsp3) is 0.0270. The highest BCUT2D eigenvalue weighted by Crippen LogP contribution is 2.68. The van der Waals surface area contributed by atoms with Gasteiger partial charge >= 0.3 is 0 Å². The van der Waals surface area contributed by atoms with Crippen LogP contribution >= 0.6 is 0 Å². The fourth-order valence-corrected chi connectivity index (χ4v) is 13.5. The van der Waals surface area contributed by atoms with Gasteiger partial charge in [0.15, 0.2) is 0 Å². The summed E-state index contributed by atoms with van der Waals surface area (Å²) in [4.78, 5) is 4.91. The molecule has 3 aliphatic rings. The molecule has 3 aliphatic carbocycles. The van der Waals surface area contributed by atoms with Gasteiger partial charge in [-0.3, -0.25) is 0 Å². The van der Waals surface area contributed by atoms with Crippen molar-refractivity contribution >= 4 is 34.1 Å². The van der Waals surface area contributed by atoms with E-state index in [0.29, 0.717) is 0 Å². The molecule has 0 N–H and O–H groups in total. The summed E-state index contributed by atoms with van der Waals surface area (Å²) in [5.74, 6) is 0. The van der Waals surface area contributed by atoms with E-state index in [1.807, 2.05) is 0 Å². The van der Waals surface area contributed by atoms with Crippen LogP contribution < -0.4 is 9.80 Å².